The van der Waals surface area contributed by atoms with E-state index < -0.39 is 10.0 Å². The molecule has 0 saturated heterocycles. The Morgan fingerprint density at radius 1 is 0.964 bits per heavy atom. The fourth-order valence-corrected chi connectivity index (χ4v) is 3.98. The van der Waals surface area contributed by atoms with Crippen LogP contribution in [-0.4, -0.2) is 14.3 Å². The molecule has 1 amide bonds. The van der Waals surface area contributed by atoms with Gasteiger partial charge in [-0.25, -0.2) is 8.42 Å². The molecular weight excluding hydrogens is 392 g/mol. The largest absolute Gasteiger partial charge is 0.351 e. The molecule has 3 rings (SSSR count). The van der Waals surface area contributed by atoms with Gasteiger partial charge >= 0.3 is 0 Å². The summed E-state index contributed by atoms with van der Waals surface area (Å²) in [5, 5.41) is 5.97. The maximum Gasteiger partial charge on any atom is 0.255 e. The first-order chi connectivity index (χ1) is 13.5. The Bertz CT molecular complexity index is 1030. The quantitative estimate of drug-likeness (QED) is 0.587. The first kappa shape index (κ1) is 19.9. The number of thiophene rings is 1. The van der Waals surface area contributed by atoms with Crippen molar-refractivity contribution >= 4 is 39.0 Å². The molecule has 0 aliphatic heterocycles. The third-order valence-electron chi connectivity index (χ3n) is 3.86. The van der Waals surface area contributed by atoms with Gasteiger partial charge in [-0.1, -0.05) is 48.5 Å². The van der Waals surface area contributed by atoms with E-state index in [0.717, 1.165) is 21.4 Å². The molecule has 2 N–H and O–H groups in total. The van der Waals surface area contributed by atoms with Crippen LogP contribution in [0.2, 0.25) is 0 Å². The number of rotatable bonds is 8. The molecule has 0 atom stereocenters. The van der Waals surface area contributed by atoms with Crippen molar-refractivity contribution < 1.29 is 13.2 Å². The predicted octanol–water partition coefficient (Wildman–Crippen LogP) is 4.02. The Hall–Kier alpha value is -2.90. The molecule has 3 aromatic rings. The van der Waals surface area contributed by atoms with Crippen molar-refractivity contribution in [3.63, 3.8) is 0 Å². The zero-order chi connectivity index (χ0) is 19.8. The Balaban J connectivity index is 1.53. The number of carbonyl (C=O) groups excluding carboxylic acids is 1. The van der Waals surface area contributed by atoms with Crippen molar-refractivity contribution in [2.75, 3.05) is 4.72 Å². The van der Waals surface area contributed by atoms with Gasteiger partial charge in [0.2, 0.25) is 5.91 Å². The average molecular weight is 413 g/mol. The molecule has 0 radical (unpaired) electrons. The third-order valence-corrected chi connectivity index (χ3v) is 5.75. The summed E-state index contributed by atoms with van der Waals surface area (Å²) in [6.07, 6.45) is 1.78. The molecule has 1 aromatic heterocycles. The summed E-state index contributed by atoms with van der Waals surface area (Å²) in [5.41, 5.74) is 2.06. The van der Waals surface area contributed by atoms with Gasteiger partial charge in [0, 0.05) is 10.6 Å². The van der Waals surface area contributed by atoms with Gasteiger partial charge in [-0.2, -0.15) is 0 Å². The van der Waals surface area contributed by atoms with Gasteiger partial charge in [0.05, 0.1) is 18.4 Å². The minimum Gasteiger partial charge on any atom is -0.351 e. The molecule has 0 bridgehead atoms. The molecule has 28 heavy (non-hydrogen) atoms. The van der Waals surface area contributed by atoms with Crippen molar-refractivity contribution in [2.45, 2.75) is 13.0 Å². The zero-order valence-corrected chi connectivity index (χ0v) is 16.7. The van der Waals surface area contributed by atoms with E-state index in [4.69, 9.17) is 0 Å². The van der Waals surface area contributed by atoms with E-state index in [2.05, 4.69) is 10.0 Å². The van der Waals surface area contributed by atoms with Crippen LogP contribution in [0.25, 0.3) is 6.08 Å². The van der Waals surface area contributed by atoms with Crippen LogP contribution in [-0.2, 0) is 27.8 Å². The van der Waals surface area contributed by atoms with Crippen molar-refractivity contribution in [3.8, 4) is 0 Å². The summed E-state index contributed by atoms with van der Waals surface area (Å²) in [6, 6.07) is 19.9. The van der Waals surface area contributed by atoms with Crippen LogP contribution in [0.3, 0.4) is 0 Å². The van der Waals surface area contributed by atoms with Gasteiger partial charge in [-0.05, 0) is 40.8 Å². The highest BCUT2D eigenvalue weighted by Gasteiger charge is 2.07. The Morgan fingerprint density at radius 3 is 2.39 bits per heavy atom. The average Bonchev–Trinajstić information content (AvgIpc) is 3.21. The molecule has 5 nitrogen and oxygen atoms in total. The van der Waals surface area contributed by atoms with Crippen molar-refractivity contribution in [1.29, 1.82) is 0 Å². The highest BCUT2D eigenvalue weighted by atomic mass is 32.2. The molecule has 0 aliphatic rings. The molecule has 7 heteroatoms. The molecule has 0 unspecified atom stereocenters. The summed E-state index contributed by atoms with van der Waals surface area (Å²) < 4.78 is 26.8. The predicted molar refractivity (Wildman–Crippen MR) is 114 cm³/mol. The second kappa shape index (κ2) is 9.34. The maximum absolute atomic E-state index is 12.2. The maximum atomic E-state index is 12.2. The minimum atomic E-state index is -3.61. The fraction of sp³-hybridized carbons (Fsp3) is 0.0952. The lowest BCUT2D eigenvalue weighted by molar-refractivity contribution is -0.120. The first-order valence-corrected chi connectivity index (χ1v) is 11.1. The van der Waals surface area contributed by atoms with Crippen LogP contribution < -0.4 is 10.0 Å². The highest BCUT2D eigenvalue weighted by molar-refractivity contribution is 7.95. The van der Waals surface area contributed by atoms with Crippen molar-refractivity contribution in [2.24, 2.45) is 0 Å². The topological polar surface area (TPSA) is 75.3 Å². The number of carbonyl (C=O) groups is 1. The zero-order valence-electron chi connectivity index (χ0n) is 15.0. The first-order valence-electron chi connectivity index (χ1n) is 8.64. The second-order valence-corrected chi connectivity index (χ2v) is 8.69. The summed E-state index contributed by atoms with van der Waals surface area (Å²) in [5.74, 6) is -0.0764. The van der Waals surface area contributed by atoms with Gasteiger partial charge in [0.15, 0.2) is 0 Å². The van der Waals surface area contributed by atoms with Crippen LogP contribution in [0, 0.1) is 0 Å². The van der Waals surface area contributed by atoms with Crippen LogP contribution in [0.5, 0.6) is 0 Å². The number of anilines is 1. The second-order valence-electron chi connectivity index (χ2n) is 6.09. The standard InChI is InChI=1S/C21H20N2O3S2/c24-21(22-16-20-7-4-13-27-20)15-18-8-10-19(11-9-18)23-28(25,26)14-12-17-5-2-1-3-6-17/h1-14,23H,15-16H2,(H,22,24)/b14-12+. The summed E-state index contributed by atoms with van der Waals surface area (Å²) in [6.45, 7) is 0.516. The van der Waals surface area contributed by atoms with E-state index in [1.54, 1.807) is 35.6 Å². The Morgan fingerprint density at radius 2 is 1.71 bits per heavy atom. The molecular formula is C21H20N2O3S2. The monoisotopic (exact) mass is 412 g/mol. The lowest BCUT2D eigenvalue weighted by atomic mass is 10.1. The van der Waals surface area contributed by atoms with Crippen molar-refractivity contribution in [1.82, 2.24) is 5.32 Å². The van der Waals surface area contributed by atoms with E-state index in [9.17, 15) is 13.2 Å². The van der Waals surface area contributed by atoms with Gasteiger partial charge in [-0.3, -0.25) is 9.52 Å². The van der Waals surface area contributed by atoms with Crippen LogP contribution in [0.4, 0.5) is 5.69 Å². The molecule has 0 aliphatic carbocycles. The van der Waals surface area contributed by atoms with E-state index >= 15 is 0 Å². The molecule has 1 heterocycles. The molecule has 0 fully saturated rings. The summed E-state index contributed by atoms with van der Waals surface area (Å²) in [7, 11) is -3.61. The minimum absolute atomic E-state index is 0.0764. The lowest BCUT2D eigenvalue weighted by Crippen LogP contribution is -2.24. The fourth-order valence-electron chi connectivity index (χ4n) is 2.47. The van der Waals surface area contributed by atoms with Crippen LogP contribution >= 0.6 is 11.3 Å². The number of hydrogen-bond donors (Lipinski definition) is 2. The lowest BCUT2D eigenvalue weighted by Gasteiger charge is -2.07. The number of hydrogen-bond acceptors (Lipinski definition) is 4. The van der Waals surface area contributed by atoms with Gasteiger partial charge in [-0.15, -0.1) is 11.3 Å². The summed E-state index contributed by atoms with van der Waals surface area (Å²) >= 11 is 1.60. The third kappa shape index (κ3) is 6.37. The SMILES string of the molecule is O=C(Cc1ccc(NS(=O)(=O)/C=C/c2ccccc2)cc1)NCc1cccs1. The smallest absolute Gasteiger partial charge is 0.255 e. The van der Waals surface area contributed by atoms with Crippen LogP contribution in [0.15, 0.2) is 77.5 Å². The molecule has 0 saturated carbocycles. The summed E-state index contributed by atoms with van der Waals surface area (Å²) in [4.78, 5) is 13.1. The van der Waals surface area contributed by atoms with E-state index in [1.165, 1.54) is 6.08 Å². The molecule has 0 spiro atoms. The van der Waals surface area contributed by atoms with E-state index in [-0.39, 0.29) is 12.3 Å². The number of sulfonamides is 1. The normalized spacial score (nSPS) is 11.4. The van der Waals surface area contributed by atoms with Gasteiger partial charge in [0.1, 0.15) is 0 Å². The van der Waals surface area contributed by atoms with Crippen molar-refractivity contribution in [3.05, 3.63) is 93.5 Å². The van der Waals surface area contributed by atoms with E-state index in [1.807, 2.05) is 47.8 Å². The van der Waals surface area contributed by atoms with E-state index in [0.29, 0.717) is 12.2 Å². The Kier molecular flexibility index (Phi) is 6.62. The van der Waals surface area contributed by atoms with Crippen LogP contribution in [0.1, 0.15) is 16.0 Å². The number of benzene rings is 2. The molecule has 144 valence electrons. The highest BCUT2D eigenvalue weighted by Crippen LogP contribution is 2.14. The Labute approximate surface area is 168 Å². The molecule has 2 aromatic carbocycles. The number of amides is 1. The van der Waals surface area contributed by atoms with Gasteiger partial charge in [0.25, 0.3) is 10.0 Å². The van der Waals surface area contributed by atoms with Gasteiger partial charge < -0.3 is 5.32 Å². The number of nitrogens with one attached hydrogen (secondary N) is 2.